The molecule has 2 saturated heterocycles. The lowest BCUT2D eigenvalue weighted by Gasteiger charge is -2.52. The maximum atomic E-state index is 7.06. The minimum Gasteiger partial charge on any atom is -0.369 e. The third kappa shape index (κ3) is 2.92. The van der Waals surface area contributed by atoms with Crippen LogP contribution in [0.4, 0.5) is 0 Å². The summed E-state index contributed by atoms with van der Waals surface area (Å²) in [5, 5.41) is 11.6. The number of nitrogens with one attached hydrogen (secondary N) is 2. The van der Waals surface area contributed by atoms with Crippen LogP contribution in [0.1, 0.15) is 83.9 Å². The molecule has 7 rings (SSSR count). The number of fused-ring (bicyclic) bond motifs is 7. The highest BCUT2D eigenvalue weighted by atomic mass is 16.5. The summed E-state index contributed by atoms with van der Waals surface area (Å²) < 4.78 is 7.06. The molecule has 2 saturated carbocycles. The summed E-state index contributed by atoms with van der Waals surface area (Å²) in [6.07, 6.45) is 14.2. The van der Waals surface area contributed by atoms with Crippen molar-refractivity contribution in [1.29, 1.82) is 0 Å². The van der Waals surface area contributed by atoms with Crippen LogP contribution in [0.25, 0.3) is 0 Å². The SMILES string of the molecule is CC1=C2C[C@H]3C(CC[C@H]4Cc5[nH]ncc5C[C@@]43C)[C@@H]2CC[C@@]2(C1)O[C@@H]1C[C@H](C)CN[C@H]1[C@H]2C. The van der Waals surface area contributed by atoms with Crippen LogP contribution in [0.2, 0.25) is 0 Å². The van der Waals surface area contributed by atoms with Gasteiger partial charge in [-0.15, -0.1) is 0 Å². The normalized spacial score (nSPS) is 50.9. The molecule has 3 heterocycles. The summed E-state index contributed by atoms with van der Waals surface area (Å²) >= 11 is 0. The fraction of sp³-hybridized carbons (Fsp3) is 0.828. The lowest BCUT2D eigenvalue weighted by Crippen LogP contribution is -2.48. The van der Waals surface area contributed by atoms with Gasteiger partial charge < -0.3 is 10.1 Å². The topological polar surface area (TPSA) is 49.9 Å². The number of hydrogen-bond donors (Lipinski definition) is 2. The Morgan fingerprint density at radius 2 is 2.00 bits per heavy atom. The number of rotatable bonds is 0. The van der Waals surface area contributed by atoms with Crippen LogP contribution in [0, 0.1) is 40.9 Å². The quantitative estimate of drug-likeness (QED) is 0.518. The van der Waals surface area contributed by atoms with Gasteiger partial charge in [-0.3, -0.25) is 5.10 Å². The monoisotopic (exact) mass is 449 g/mol. The van der Waals surface area contributed by atoms with E-state index in [-0.39, 0.29) is 5.60 Å². The molecule has 2 aliphatic heterocycles. The molecule has 4 aliphatic carbocycles. The number of aromatic nitrogens is 2. The Bertz CT molecular complexity index is 981. The average Bonchev–Trinajstić information content (AvgIpc) is 3.43. The summed E-state index contributed by atoms with van der Waals surface area (Å²) in [7, 11) is 0. The highest BCUT2D eigenvalue weighted by Gasteiger charge is 2.59. The molecule has 0 bridgehead atoms. The molecule has 6 aliphatic rings. The van der Waals surface area contributed by atoms with E-state index >= 15 is 0 Å². The zero-order chi connectivity index (χ0) is 22.5. The van der Waals surface area contributed by atoms with E-state index in [4.69, 9.17) is 4.74 Å². The lowest BCUT2D eigenvalue weighted by atomic mass is 9.52. The zero-order valence-corrected chi connectivity index (χ0v) is 21.1. The van der Waals surface area contributed by atoms with E-state index in [2.05, 4.69) is 49.4 Å². The van der Waals surface area contributed by atoms with E-state index < -0.39 is 0 Å². The fourth-order valence-electron chi connectivity index (χ4n) is 10.0. The number of ether oxygens (including phenoxy) is 1. The van der Waals surface area contributed by atoms with E-state index in [0.29, 0.717) is 23.5 Å². The molecular formula is C29H43N3O. The van der Waals surface area contributed by atoms with Crippen molar-refractivity contribution < 1.29 is 4.74 Å². The minimum absolute atomic E-state index is 0.0704. The van der Waals surface area contributed by atoms with Gasteiger partial charge in [0.15, 0.2) is 0 Å². The highest BCUT2D eigenvalue weighted by Crippen LogP contribution is 2.64. The van der Waals surface area contributed by atoms with E-state index in [0.717, 1.165) is 36.1 Å². The van der Waals surface area contributed by atoms with Gasteiger partial charge in [-0.05, 0) is 112 Å². The largest absolute Gasteiger partial charge is 0.369 e. The molecule has 4 nitrogen and oxygen atoms in total. The Kier molecular flexibility index (Phi) is 4.62. The molecule has 0 amide bonds. The van der Waals surface area contributed by atoms with Crippen LogP contribution in [-0.4, -0.2) is 34.5 Å². The Hall–Kier alpha value is -1.13. The van der Waals surface area contributed by atoms with Crippen LogP contribution in [0.3, 0.4) is 0 Å². The molecule has 10 atom stereocenters. The summed E-state index contributed by atoms with van der Waals surface area (Å²) in [6.45, 7) is 11.2. The summed E-state index contributed by atoms with van der Waals surface area (Å²) in [6, 6.07) is 0.561. The van der Waals surface area contributed by atoms with Crippen LogP contribution in [0.15, 0.2) is 17.3 Å². The van der Waals surface area contributed by atoms with Gasteiger partial charge in [0.05, 0.1) is 17.9 Å². The van der Waals surface area contributed by atoms with Crippen LogP contribution in [0.5, 0.6) is 0 Å². The molecule has 1 spiro atoms. The third-order valence-electron chi connectivity index (χ3n) is 11.9. The second-order valence-corrected chi connectivity index (χ2v) is 13.4. The third-order valence-corrected chi connectivity index (χ3v) is 11.9. The van der Waals surface area contributed by atoms with Gasteiger partial charge in [0.1, 0.15) is 0 Å². The molecule has 1 unspecified atom stereocenters. The van der Waals surface area contributed by atoms with Crippen molar-refractivity contribution in [3.63, 3.8) is 0 Å². The second-order valence-electron chi connectivity index (χ2n) is 13.4. The predicted molar refractivity (Wildman–Crippen MR) is 131 cm³/mol. The number of piperidine rings is 1. The first-order valence-corrected chi connectivity index (χ1v) is 14.0. The molecule has 4 heteroatoms. The molecule has 180 valence electrons. The van der Waals surface area contributed by atoms with Crippen molar-refractivity contribution >= 4 is 0 Å². The molecule has 0 aromatic carbocycles. The molecule has 1 aromatic rings. The number of allylic oxidation sites excluding steroid dienone is 1. The Labute approximate surface area is 199 Å². The summed E-state index contributed by atoms with van der Waals surface area (Å²) in [5.41, 5.74) is 7.00. The van der Waals surface area contributed by atoms with Crippen molar-refractivity contribution in [3.8, 4) is 0 Å². The van der Waals surface area contributed by atoms with Gasteiger partial charge in [0, 0.05) is 17.7 Å². The van der Waals surface area contributed by atoms with E-state index in [1.807, 2.05) is 5.57 Å². The van der Waals surface area contributed by atoms with Crippen LogP contribution in [-0.2, 0) is 17.6 Å². The molecule has 4 fully saturated rings. The van der Waals surface area contributed by atoms with Gasteiger partial charge in [-0.1, -0.05) is 31.9 Å². The number of nitrogens with zero attached hydrogens (tertiary/aromatic N) is 1. The molecule has 0 radical (unpaired) electrons. The number of hydrogen-bond acceptors (Lipinski definition) is 3. The van der Waals surface area contributed by atoms with Crippen molar-refractivity contribution in [3.05, 3.63) is 28.6 Å². The maximum absolute atomic E-state index is 7.06. The standard InChI is InChI=1S/C29H43N3O/c1-16-9-26-27(30-14-16)18(3)29(33-26)8-7-21-22-6-5-20-10-25-19(15-31-32-25)13-28(20,4)24(22)11-23(21)17(2)12-29/h15-16,18,20-22,24,26-27,30H,5-14H2,1-4H3,(H,31,32)/t16-,18+,20-,21-,22?,24-,26+,27-,28-,29-/m0/s1. The van der Waals surface area contributed by atoms with Crippen molar-refractivity contribution in [2.45, 2.75) is 103 Å². The Morgan fingerprint density at radius 1 is 1.12 bits per heavy atom. The molecule has 33 heavy (non-hydrogen) atoms. The average molecular weight is 450 g/mol. The first-order chi connectivity index (χ1) is 15.9. The fourth-order valence-corrected chi connectivity index (χ4v) is 10.0. The molecule has 1 aromatic heterocycles. The highest BCUT2D eigenvalue weighted by molar-refractivity contribution is 5.32. The smallest absolute Gasteiger partial charge is 0.0765 e. The van der Waals surface area contributed by atoms with Crippen molar-refractivity contribution in [1.82, 2.24) is 15.5 Å². The maximum Gasteiger partial charge on any atom is 0.0765 e. The number of aromatic amines is 1. The lowest BCUT2D eigenvalue weighted by molar-refractivity contribution is -0.0733. The summed E-state index contributed by atoms with van der Waals surface area (Å²) in [5.74, 6) is 4.73. The first-order valence-electron chi connectivity index (χ1n) is 14.0. The van der Waals surface area contributed by atoms with E-state index in [1.54, 1.807) is 5.57 Å². The van der Waals surface area contributed by atoms with Gasteiger partial charge in [0.2, 0.25) is 0 Å². The number of H-pyrrole nitrogens is 1. The van der Waals surface area contributed by atoms with Gasteiger partial charge in [-0.25, -0.2) is 0 Å². The van der Waals surface area contributed by atoms with Gasteiger partial charge >= 0.3 is 0 Å². The second kappa shape index (κ2) is 7.20. The molecule has 2 N–H and O–H groups in total. The van der Waals surface area contributed by atoms with Crippen molar-refractivity contribution in [2.24, 2.45) is 40.9 Å². The van der Waals surface area contributed by atoms with E-state index in [9.17, 15) is 0 Å². The van der Waals surface area contributed by atoms with Crippen LogP contribution < -0.4 is 5.32 Å². The molecular weight excluding hydrogens is 406 g/mol. The Morgan fingerprint density at radius 3 is 2.88 bits per heavy atom. The Balaban J connectivity index is 1.19. The van der Waals surface area contributed by atoms with E-state index in [1.165, 1.54) is 69.0 Å². The van der Waals surface area contributed by atoms with Gasteiger partial charge in [0.25, 0.3) is 0 Å². The van der Waals surface area contributed by atoms with Crippen molar-refractivity contribution in [2.75, 3.05) is 6.54 Å². The predicted octanol–water partition coefficient (Wildman–Crippen LogP) is 5.45. The van der Waals surface area contributed by atoms with Crippen LogP contribution >= 0.6 is 0 Å². The first kappa shape index (κ1) is 21.2. The van der Waals surface area contributed by atoms with Gasteiger partial charge in [-0.2, -0.15) is 5.10 Å². The minimum atomic E-state index is 0.0704. The zero-order valence-electron chi connectivity index (χ0n) is 21.1. The summed E-state index contributed by atoms with van der Waals surface area (Å²) in [4.78, 5) is 0.